The number of ether oxygens (including phenoxy) is 1. The van der Waals surface area contributed by atoms with Gasteiger partial charge in [0.25, 0.3) is 11.8 Å². The van der Waals surface area contributed by atoms with Crippen LogP contribution in [0.15, 0.2) is 48.5 Å². The van der Waals surface area contributed by atoms with Gasteiger partial charge in [0, 0.05) is 18.7 Å². The molecule has 2 amide bonds. The number of methoxy groups -OCH3 is 1. The Labute approximate surface area is 133 Å². The number of benzene rings is 2. The lowest BCUT2D eigenvalue weighted by Gasteiger charge is -2.09. The van der Waals surface area contributed by atoms with Crippen molar-refractivity contribution < 1.29 is 18.7 Å². The Morgan fingerprint density at radius 2 is 1.57 bits per heavy atom. The van der Waals surface area contributed by atoms with E-state index in [2.05, 4.69) is 10.6 Å². The van der Waals surface area contributed by atoms with Gasteiger partial charge in [0.1, 0.15) is 11.6 Å². The van der Waals surface area contributed by atoms with Crippen molar-refractivity contribution in [1.82, 2.24) is 10.6 Å². The maximum absolute atomic E-state index is 12.8. The number of hydrogen-bond acceptors (Lipinski definition) is 3. The van der Waals surface area contributed by atoms with Crippen LogP contribution in [0.5, 0.6) is 5.75 Å². The van der Waals surface area contributed by atoms with Crippen molar-refractivity contribution in [3.8, 4) is 5.75 Å². The lowest BCUT2D eigenvalue weighted by molar-refractivity contribution is 0.0926. The smallest absolute Gasteiger partial charge is 0.255 e. The molecule has 0 saturated carbocycles. The van der Waals surface area contributed by atoms with E-state index in [9.17, 15) is 14.0 Å². The maximum atomic E-state index is 12.8. The van der Waals surface area contributed by atoms with E-state index in [1.54, 1.807) is 24.3 Å². The van der Waals surface area contributed by atoms with Gasteiger partial charge >= 0.3 is 0 Å². The van der Waals surface area contributed by atoms with Gasteiger partial charge in [-0.1, -0.05) is 12.1 Å². The van der Waals surface area contributed by atoms with Crippen molar-refractivity contribution in [2.45, 2.75) is 0 Å². The molecular formula is C17H17FN2O3. The first kappa shape index (κ1) is 16.5. The van der Waals surface area contributed by atoms with Gasteiger partial charge in [0.15, 0.2) is 0 Å². The number of amides is 2. The van der Waals surface area contributed by atoms with Crippen LogP contribution >= 0.6 is 0 Å². The summed E-state index contributed by atoms with van der Waals surface area (Å²) in [6.45, 7) is 0.529. The van der Waals surface area contributed by atoms with Crippen molar-refractivity contribution in [3.63, 3.8) is 0 Å². The summed E-state index contributed by atoms with van der Waals surface area (Å²) in [6, 6.07) is 12.1. The van der Waals surface area contributed by atoms with E-state index >= 15 is 0 Å². The monoisotopic (exact) mass is 316 g/mol. The lowest BCUT2D eigenvalue weighted by atomic mass is 10.2. The first-order valence-electron chi connectivity index (χ1n) is 7.07. The van der Waals surface area contributed by atoms with Gasteiger partial charge in [-0.3, -0.25) is 9.59 Å². The first-order chi connectivity index (χ1) is 11.1. The number of halogens is 1. The lowest BCUT2D eigenvalue weighted by Crippen LogP contribution is -2.34. The summed E-state index contributed by atoms with van der Waals surface area (Å²) in [5.41, 5.74) is 0.794. The van der Waals surface area contributed by atoms with Crippen LogP contribution in [-0.2, 0) is 0 Å². The van der Waals surface area contributed by atoms with Gasteiger partial charge < -0.3 is 15.4 Å². The van der Waals surface area contributed by atoms with Crippen LogP contribution in [-0.4, -0.2) is 32.0 Å². The molecule has 2 aromatic rings. The summed E-state index contributed by atoms with van der Waals surface area (Å²) in [7, 11) is 1.50. The highest BCUT2D eigenvalue weighted by atomic mass is 19.1. The third-order valence-electron chi connectivity index (χ3n) is 3.15. The Hall–Kier alpha value is -2.89. The highest BCUT2D eigenvalue weighted by molar-refractivity contribution is 5.97. The molecule has 0 bridgehead atoms. The SMILES string of the molecule is COc1ccccc1C(=O)NCCNC(=O)c1ccc(F)cc1. The number of rotatable bonds is 6. The number of carbonyl (C=O) groups is 2. The molecule has 0 aliphatic carbocycles. The van der Waals surface area contributed by atoms with Crippen LogP contribution in [0.1, 0.15) is 20.7 Å². The van der Waals surface area contributed by atoms with E-state index in [-0.39, 0.29) is 24.9 Å². The molecule has 5 nitrogen and oxygen atoms in total. The number of para-hydroxylation sites is 1. The molecule has 0 spiro atoms. The minimum atomic E-state index is -0.398. The Balaban J connectivity index is 1.80. The molecular weight excluding hydrogens is 299 g/mol. The second-order valence-corrected chi connectivity index (χ2v) is 4.72. The fraction of sp³-hybridized carbons (Fsp3) is 0.176. The molecule has 0 radical (unpaired) electrons. The summed E-state index contributed by atoms with van der Waals surface area (Å²) in [4.78, 5) is 23.8. The minimum absolute atomic E-state index is 0.261. The molecule has 0 unspecified atom stereocenters. The maximum Gasteiger partial charge on any atom is 0.255 e. The second kappa shape index (κ2) is 7.93. The molecule has 2 N–H and O–H groups in total. The molecule has 6 heteroatoms. The fourth-order valence-corrected chi connectivity index (χ4v) is 1.98. The summed E-state index contributed by atoms with van der Waals surface area (Å²) < 4.78 is 17.9. The van der Waals surface area contributed by atoms with E-state index < -0.39 is 5.82 Å². The van der Waals surface area contributed by atoms with Crippen LogP contribution in [0.4, 0.5) is 4.39 Å². The Kier molecular flexibility index (Phi) is 5.68. The molecule has 0 heterocycles. The Morgan fingerprint density at radius 1 is 0.957 bits per heavy atom. The van der Waals surface area contributed by atoms with E-state index in [0.717, 1.165) is 0 Å². The second-order valence-electron chi connectivity index (χ2n) is 4.72. The molecule has 0 saturated heterocycles. The molecule has 0 aromatic heterocycles. The first-order valence-corrected chi connectivity index (χ1v) is 7.07. The molecule has 2 aromatic carbocycles. The molecule has 0 aliphatic heterocycles. The van der Waals surface area contributed by atoms with Crippen molar-refractivity contribution in [2.75, 3.05) is 20.2 Å². The van der Waals surface area contributed by atoms with Gasteiger partial charge in [-0.2, -0.15) is 0 Å². The van der Waals surface area contributed by atoms with Gasteiger partial charge in [0.2, 0.25) is 0 Å². The highest BCUT2D eigenvalue weighted by Crippen LogP contribution is 2.16. The van der Waals surface area contributed by atoms with Crippen LogP contribution in [0.2, 0.25) is 0 Å². The van der Waals surface area contributed by atoms with E-state index in [1.807, 2.05) is 0 Å². The third-order valence-corrected chi connectivity index (χ3v) is 3.15. The topological polar surface area (TPSA) is 67.4 Å². The molecule has 0 aliphatic rings. The van der Waals surface area contributed by atoms with E-state index in [1.165, 1.54) is 31.4 Å². The summed E-state index contributed by atoms with van der Waals surface area (Å²) in [5, 5.41) is 5.34. The molecule has 0 atom stereocenters. The normalized spacial score (nSPS) is 10.0. The molecule has 120 valence electrons. The summed E-state index contributed by atoms with van der Waals surface area (Å²) >= 11 is 0. The highest BCUT2D eigenvalue weighted by Gasteiger charge is 2.11. The van der Waals surface area contributed by atoms with E-state index in [4.69, 9.17) is 4.74 Å². The Morgan fingerprint density at radius 3 is 2.22 bits per heavy atom. The zero-order chi connectivity index (χ0) is 16.7. The van der Waals surface area contributed by atoms with Crippen molar-refractivity contribution in [2.24, 2.45) is 0 Å². The standard InChI is InChI=1S/C17H17FN2O3/c1-23-15-5-3-2-4-14(15)17(22)20-11-10-19-16(21)12-6-8-13(18)9-7-12/h2-9H,10-11H2,1H3,(H,19,21)(H,20,22). The molecule has 23 heavy (non-hydrogen) atoms. The van der Waals surface area contributed by atoms with Crippen molar-refractivity contribution in [3.05, 3.63) is 65.5 Å². The van der Waals surface area contributed by atoms with Crippen molar-refractivity contribution in [1.29, 1.82) is 0 Å². The summed E-state index contributed by atoms with van der Waals surface area (Å²) in [6.07, 6.45) is 0. The van der Waals surface area contributed by atoms with E-state index in [0.29, 0.717) is 16.9 Å². The van der Waals surface area contributed by atoms with Gasteiger partial charge in [-0.05, 0) is 36.4 Å². The number of carbonyl (C=O) groups excluding carboxylic acids is 2. The molecule has 0 fully saturated rings. The predicted octanol–water partition coefficient (Wildman–Crippen LogP) is 1.99. The quantitative estimate of drug-likeness (QED) is 0.801. The predicted molar refractivity (Wildman–Crippen MR) is 84.1 cm³/mol. The van der Waals surface area contributed by atoms with Crippen LogP contribution in [0.3, 0.4) is 0 Å². The minimum Gasteiger partial charge on any atom is -0.496 e. The zero-order valence-corrected chi connectivity index (χ0v) is 12.6. The zero-order valence-electron chi connectivity index (χ0n) is 12.6. The average Bonchev–Trinajstić information content (AvgIpc) is 2.58. The fourth-order valence-electron chi connectivity index (χ4n) is 1.98. The van der Waals surface area contributed by atoms with Crippen LogP contribution in [0.25, 0.3) is 0 Å². The third kappa shape index (κ3) is 4.54. The number of nitrogens with one attached hydrogen (secondary N) is 2. The molecule has 2 rings (SSSR count). The van der Waals surface area contributed by atoms with Gasteiger partial charge in [-0.25, -0.2) is 4.39 Å². The largest absolute Gasteiger partial charge is 0.496 e. The van der Waals surface area contributed by atoms with Gasteiger partial charge in [0.05, 0.1) is 12.7 Å². The summed E-state index contributed by atoms with van der Waals surface area (Å²) in [5.74, 6) is -0.513. The van der Waals surface area contributed by atoms with Crippen molar-refractivity contribution >= 4 is 11.8 Å². The Bertz CT molecular complexity index is 686. The van der Waals surface area contributed by atoms with Gasteiger partial charge in [-0.15, -0.1) is 0 Å². The number of hydrogen-bond donors (Lipinski definition) is 2. The van der Waals surface area contributed by atoms with Crippen LogP contribution < -0.4 is 15.4 Å². The van der Waals surface area contributed by atoms with Crippen LogP contribution in [0, 0.1) is 5.82 Å². The average molecular weight is 316 g/mol.